The molecule has 2 amide bonds. The van der Waals surface area contributed by atoms with E-state index in [0.717, 1.165) is 31.1 Å². The summed E-state index contributed by atoms with van der Waals surface area (Å²) in [4.78, 5) is 24.1. The Bertz CT molecular complexity index is 865. The summed E-state index contributed by atoms with van der Waals surface area (Å²) in [5.41, 5.74) is 0.530. The van der Waals surface area contributed by atoms with Crippen molar-refractivity contribution in [2.45, 2.75) is 13.3 Å². The predicted molar refractivity (Wildman–Crippen MR) is 81.5 cm³/mol. The van der Waals surface area contributed by atoms with Crippen molar-refractivity contribution in [3.8, 4) is 0 Å². The van der Waals surface area contributed by atoms with Gasteiger partial charge in [-0.2, -0.15) is 0 Å². The molecule has 124 valence electrons. The fourth-order valence-electron chi connectivity index (χ4n) is 2.57. The molecule has 24 heavy (non-hydrogen) atoms. The minimum atomic E-state index is -1.36. The van der Waals surface area contributed by atoms with E-state index in [4.69, 9.17) is 0 Å². The molecule has 0 spiro atoms. The highest BCUT2D eigenvalue weighted by Gasteiger charge is 2.24. The summed E-state index contributed by atoms with van der Waals surface area (Å²) in [5.74, 6) is -5.84. The zero-order valence-corrected chi connectivity index (χ0v) is 12.7. The number of fused-ring (bicyclic) bond motifs is 1. The molecule has 7 heteroatoms. The van der Waals surface area contributed by atoms with Gasteiger partial charge in [0.15, 0.2) is 0 Å². The minimum absolute atomic E-state index is 0.177. The van der Waals surface area contributed by atoms with Crippen LogP contribution in [0.25, 0.3) is 0 Å². The van der Waals surface area contributed by atoms with Gasteiger partial charge in [0, 0.05) is 29.4 Å². The van der Waals surface area contributed by atoms with Gasteiger partial charge in [0.2, 0.25) is 0 Å². The largest absolute Gasteiger partial charge is 0.384 e. The zero-order valence-electron chi connectivity index (χ0n) is 12.7. The Balaban J connectivity index is 1.85. The molecule has 0 saturated heterocycles. The average Bonchev–Trinajstić information content (AvgIpc) is 3.00. The van der Waals surface area contributed by atoms with Gasteiger partial charge in [-0.3, -0.25) is 14.9 Å². The lowest BCUT2D eigenvalue weighted by Crippen LogP contribution is -2.32. The lowest BCUT2D eigenvalue weighted by molar-refractivity contribution is 0.0844. The van der Waals surface area contributed by atoms with E-state index < -0.39 is 40.4 Å². The van der Waals surface area contributed by atoms with E-state index in [1.165, 1.54) is 6.07 Å². The van der Waals surface area contributed by atoms with E-state index in [2.05, 4.69) is 5.32 Å². The van der Waals surface area contributed by atoms with Crippen LogP contribution in [0.2, 0.25) is 0 Å². The zero-order chi connectivity index (χ0) is 17.4. The van der Waals surface area contributed by atoms with E-state index in [9.17, 15) is 22.8 Å². The van der Waals surface area contributed by atoms with Crippen molar-refractivity contribution in [2.24, 2.45) is 0 Å². The predicted octanol–water partition coefficient (Wildman–Crippen LogP) is 2.95. The molecule has 0 fully saturated rings. The Labute approximate surface area is 135 Å². The Hall–Kier alpha value is -2.83. The summed E-state index contributed by atoms with van der Waals surface area (Å²) in [7, 11) is 0. The Morgan fingerprint density at radius 2 is 1.83 bits per heavy atom. The highest BCUT2D eigenvalue weighted by molar-refractivity contribution is 6.11. The molecule has 1 aliphatic heterocycles. The van der Waals surface area contributed by atoms with E-state index in [-0.39, 0.29) is 5.56 Å². The molecule has 2 aromatic carbocycles. The molecule has 3 rings (SSSR count). The van der Waals surface area contributed by atoms with Gasteiger partial charge in [-0.15, -0.1) is 0 Å². The van der Waals surface area contributed by atoms with Crippen LogP contribution in [0.5, 0.6) is 0 Å². The number of anilines is 1. The second-order valence-electron chi connectivity index (χ2n) is 5.49. The number of halogens is 3. The van der Waals surface area contributed by atoms with Crippen molar-refractivity contribution >= 4 is 17.5 Å². The summed E-state index contributed by atoms with van der Waals surface area (Å²) in [6.45, 7) is 1.83. The van der Waals surface area contributed by atoms with Crippen LogP contribution < -0.4 is 10.6 Å². The number of amides is 2. The molecule has 2 N–H and O–H groups in total. The highest BCUT2D eigenvalue weighted by atomic mass is 19.1. The van der Waals surface area contributed by atoms with Crippen molar-refractivity contribution in [1.82, 2.24) is 5.32 Å². The molecular weight excluding hydrogens is 321 g/mol. The molecule has 1 aliphatic rings. The Morgan fingerprint density at radius 3 is 2.58 bits per heavy atom. The maximum absolute atomic E-state index is 13.9. The standard InChI is InChI=1S/C17H13F3N2O2/c1-8-11(18)7-12(19)14(15(8)20)17(24)22-16(23)10-3-2-9-4-5-21-13(9)6-10/h2-3,6-7,21H,4-5H2,1H3,(H,22,23,24). The van der Waals surface area contributed by atoms with Crippen LogP contribution in [-0.2, 0) is 6.42 Å². The van der Waals surface area contributed by atoms with E-state index in [1.807, 2.05) is 5.32 Å². The first-order valence-electron chi connectivity index (χ1n) is 7.25. The van der Waals surface area contributed by atoms with Crippen LogP contribution in [0.4, 0.5) is 18.9 Å². The van der Waals surface area contributed by atoms with E-state index >= 15 is 0 Å². The van der Waals surface area contributed by atoms with Gasteiger partial charge in [-0.1, -0.05) is 6.07 Å². The molecule has 4 nitrogen and oxygen atoms in total. The minimum Gasteiger partial charge on any atom is -0.384 e. The maximum Gasteiger partial charge on any atom is 0.264 e. The lowest BCUT2D eigenvalue weighted by atomic mass is 10.1. The highest BCUT2D eigenvalue weighted by Crippen LogP contribution is 2.23. The number of nitrogens with one attached hydrogen (secondary N) is 2. The molecule has 0 saturated carbocycles. The number of rotatable bonds is 2. The van der Waals surface area contributed by atoms with Gasteiger partial charge in [0.25, 0.3) is 11.8 Å². The number of benzene rings is 2. The van der Waals surface area contributed by atoms with Gasteiger partial charge >= 0.3 is 0 Å². The first-order chi connectivity index (χ1) is 11.4. The fraction of sp³-hybridized carbons (Fsp3) is 0.176. The number of hydrogen-bond donors (Lipinski definition) is 2. The molecule has 2 aromatic rings. The molecule has 0 aliphatic carbocycles. The summed E-state index contributed by atoms with van der Waals surface area (Å²) in [6.07, 6.45) is 0.835. The summed E-state index contributed by atoms with van der Waals surface area (Å²) in [6, 6.07) is 5.25. The topological polar surface area (TPSA) is 58.2 Å². The molecule has 0 unspecified atom stereocenters. The van der Waals surface area contributed by atoms with Gasteiger partial charge in [-0.05, 0) is 31.0 Å². The SMILES string of the molecule is Cc1c(F)cc(F)c(C(=O)NC(=O)c2ccc3c(c2)NCC3)c1F. The normalized spacial score (nSPS) is 12.5. The third-order valence-electron chi connectivity index (χ3n) is 3.94. The van der Waals surface area contributed by atoms with Crippen molar-refractivity contribution < 1.29 is 22.8 Å². The van der Waals surface area contributed by atoms with Gasteiger partial charge < -0.3 is 5.32 Å². The van der Waals surface area contributed by atoms with Crippen molar-refractivity contribution in [2.75, 3.05) is 11.9 Å². The number of imide groups is 1. The van der Waals surface area contributed by atoms with Crippen LogP contribution >= 0.6 is 0 Å². The van der Waals surface area contributed by atoms with E-state index in [0.29, 0.717) is 6.07 Å². The molecule has 0 aromatic heterocycles. The second-order valence-corrected chi connectivity index (χ2v) is 5.49. The third kappa shape index (κ3) is 2.73. The van der Waals surface area contributed by atoms with Gasteiger partial charge in [0.1, 0.15) is 23.0 Å². The summed E-state index contributed by atoms with van der Waals surface area (Å²) in [5, 5.41) is 5.01. The molecule has 0 atom stereocenters. The Morgan fingerprint density at radius 1 is 1.08 bits per heavy atom. The Kier molecular flexibility index (Phi) is 4.01. The second kappa shape index (κ2) is 5.99. The average molecular weight is 334 g/mol. The van der Waals surface area contributed by atoms with E-state index in [1.54, 1.807) is 12.1 Å². The molecule has 1 heterocycles. The summed E-state index contributed by atoms with van der Waals surface area (Å²) < 4.78 is 40.9. The third-order valence-corrected chi connectivity index (χ3v) is 3.94. The van der Waals surface area contributed by atoms with Crippen molar-refractivity contribution in [1.29, 1.82) is 0 Å². The first kappa shape index (κ1) is 16.0. The quantitative estimate of drug-likeness (QED) is 0.830. The molecule has 0 bridgehead atoms. The van der Waals surface area contributed by atoms with Crippen LogP contribution in [0.1, 0.15) is 31.8 Å². The monoisotopic (exact) mass is 334 g/mol. The smallest absolute Gasteiger partial charge is 0.264 e. The van der Waals surface area contributed by atoms with Crippen LogP contribution in [-0.4, -0.2) is 18.4 Å². The molecule has 0 radical (unpaired) electrons. The summed E-state index contributed by atoms with van der Waals surface area (Å²) >= 11 is 0. The van der Waals surface area contributed by atoms with Crippen LogP contribution in [0.3, 0.4) is 0 Å². The van der Waals surface area contributed by atoms with Crippen LogP contribution in [0.15, 0.2) is 24.3 Å². The maximum atomic E-state index is 13.9. The number of carbonyl (C=O) groups excluding carboxylic acids is 2. The number of hydrogen-bond acceptors (Lipinski definition) is 3. The molecular formula is C17H13F3N2O2. The fourth-order valence-corrected chi connectivity index (χ4v) is 2.57. The van der Waals surface area contributed by atoms with Gasteiger partial charge in [0.05, 0.1) is 0 Å². The first-order valence-corrected chi connectivity index (χ1v) is 7.25. The van der Waals surface area contributed by atoms with Crippen molar-refractivity contribution in [3.05, 3.63) is 64.0 Å². The lowest BCUT2D eigenvalue weighted by Gasteiger charge is -2.09. The number of carbonyl (C=O) groups is 2. The van der Waals surface area contributed by atoms with Gasteiger partial charge in [-0.25, -0.2) is 13.2 Å². The van der Waals surface area contributed by atoms with Crippen LogP contribution in [0, 0.1) is 24.4 Å². The van der Waals surface area contributed by atoms with Crippen molar-refractivity contribution in [3.63, 3.8) is 0 Å².